The summed E-state index contributed by atoms with van der Waals surface area (Å²) in [6, 6.07) is 5.13. The van der Waals surface area contributed by atoms with Crippen LogP contribution in [0.15, 0.2) is 18.2 Å². The van der Waals surface area contributed by atoms with Gasteiger partial charge in [-0.1, -0.05) is 11.6 Å². The Morgan fingerprint density at radius 2 is 2.16 bits per heavy atom. The van der Waals surface area contributed by atoms with Crippen molar-refractivity contribution in [3.05, 3.63) is 34.3 Å². The molecular formula is C14H18ClNO3. The predicted octanol–water partition coefficient (Wildman–Crippen LogP) is 1.92. The molecule has 0 aromatic heterocycles. The van der Waals surface area contributed by atoms with Gasteiger partial charge in [0.25, 0.3) is 5.91 Å². The van der Waals surface area contributed by atoms with Gasteiger partial charge in [-0.15, -0.1) is 0 Å². The normalized spacial score (nSPS) is 18.1. The van der Waals surface area contributed by atoms with Crippen LogP contribution in [0.4, 0.5) is 0 Å². The molecule has 0 radical (unpaired) electrons. The molecule has 0 saturated carbocycles. The van der Waals surface area contributed by atoms with Crippen molar-refractivity contribution < 1.29 is 14.6 Å². The lowest BCUT2D eigenvalue weighted by Crippen LogP contribution is -2.46. The van der Waals surface area contributed by atoms with E-state index >= 15 is 0 Å². The number of nitrogens with one attached hydrogen (secondary N) is 1. The van der Waals surface area contributed by atoms with Gasteiger partial charge in [-0.05, 0) is 30.7 Å². The second-order valence-electron chi connectivity index (χ2n) is 4.98. The molecular weight excluding hydrogens is 266 g/mol. The van der Waals surface area contributed by atoms with Gasteiger partial charge in [0, 0.05) is 43.2 Å². The lowest BCUT2D eigenvalue weighted by molar-refractivity contribution is -0.0605. The van der Waals surface area contributed by atoms with Gasteiger partial charge < -0.3 is 15.2 Å². The number of hydrogen-bond donors (Lipinski definition) is 2. The molecule has 19 heavy (non-hydrogen) atoms. The van der Waals surface area contributed by atoms with Crippen LogP contribution in [0.1, 0.15) is 28.8 Å². The van der Waals surface area contributed by atoms with E-state index in [9.17, 15) is 9.90 Å². The number of halogens is 1. The van der Waals surface area contributed by atoms with E-state index in [-0.39, 0.29) is 12.5 Å². The Balaban J connectivity index is 1.97. The van der Waals surface area contributed by atoms with Gasteiger partial charge >= 0.3 is 0 Å². The van der Waals surface area contributed by atoms with Crippen molar-refractivity contribution in [1.82, 2.24) is 5.32 Å². The maximum absolute atomic E-state index is 12.1. The smallest absolute Gasteiger partial charge is 0.251 e. The van der Waals surface area contributed by atoms with Gasteiger partial charge in [0.1, 0.15) is 0 Å². The molecule has 1 aromatic rings. The third kappa shape index (κ3) is 3.69. The minimum Gasteiger partial charge on any atom is -0.388 e. The summed E-state index contributed by atoms with van der Waals surface area (Å²) in [5.74, 6) is -0.186. The number of ether oxygens (including phenoxy) is 1. The third-order valence-electron chi connectivity index (χ3n) is 3.43. The zero-order chi connectivity index (χ0) is 13.9. The first-order valence-corrected chi connectivity index (χ1v) is 6.72. The maximum Gasteiger partial charge on any atom is 0.251 e. The highest BCUT2D eigenvalue weighted by Gasteiger charge is 2.30. The standard InChI is InChI=1S/C14H18ClNO3/c1-10-8-11(15)2-3-12(10)13(17)16-9-14(18)4-6-19-7-5-14/h2-3,8,18H,4-7,9H2,1H3,(H,16,17). The highest BCUT2D eigenvalue weighted by Crippen LogP contribution is 2.20. The molecule has 0 bridgehead atoms. The van der Waals surface area contributed by atoms with Crippen molar-refractivity contribution in [2.24, 2.45) is 0 Å². The fraction of sp³-hybridized carbons (Fsp3) is 0.500. The van der Waals surface area contributed by atoms with Gasteiger partial charge in [-0.2, -0.15) is 0 Å². The Morgan fingerprint density at radius 1 is 1.47 bits per heavy atom. The van der Waals surface area contributed by atoms with Crippen molar-refractivity contribution in [3.8, 4) is 0 Å². The van der Waals surface area contributed by atoms with Crippen LogP contribution in [0.3, 0.4) is 0 Å². The molecule has 0 aliphatic carbocycles. The van der Waals surface area contributed by atoms with Gasteiger partial charge in [0.2, 0.25) is 0 Å². The van der Waals surface area contributed by atoms with E-state index < -0.39 is 5.60 Å². The summed E-state index contributed by atoms with van der Waals surface area (Å²) < 4.78 is 5.20. The molecule has 1 heterocycles. The van der Waals surface area contributed by atoms with Crippen LogP contribution in [0.2, 0.25) is 5.02 Å². The van der Waals surface area contributed by atoms with Crippen LogP contribution in [0.5, 0.6) is 0 Å². The summed E-state index contributed by atoms with van der Waals surface area (Å²) in [7, 11) is 0. The Morgan fingerprint density at radius 3 is 2.79 bits per heavy atom. The number of aliphatic hydroxyl groups is 1. The molecule has 1 fully saturated rings. The Bertz CT molecular complexity index is 470. The van der Waals surface area contributed by atoms with Crippen molar-refractivity contribution in [1.29, 1.82) is 0 Å². The van der Waals surface area contributed by atoms with Crippen LogP contribution < -0.4 is 5.32 Å². The first-order chi connectivity index (χ1) is 9.00. The van der Waals surface area contributed by atoms with Crippen molar-refractivity contribution in [2.75, 3.05) is 19.8 Å². The Kier molecular flexibility index (Phi) is 4.45. The average Bonchev–Trinajstić information content (AvgIpc) is 2.37. The molecule has 2 N–H and O–H groups in total. The fourth-order valence-electron chi connectivity index (χ4n) is 2.15. The van der Waals surface area contributed by atoms with E-state index in [0.717, 1.165) is 5.56 Å². The van der Waals surface area contributed by atoms with E-state index in [4.69, 9.17) is 16.3 Å². The summed E-state index contributed by atoms with van der Waals surface area (Å²) in [6.45, 7) is 3.15. The summed E-state index contributed by atoms with van der Waals surface area (Å²) in [5, 5.41) is 13.7. The highest BCUT2D eigenvalue weighted by molar-refractivity contribution is 6.30. The largest absolute Gasteiger partial charge is 0.388 e. The van der Waals surface area contributed by atoms with E-state index in [1.165, 1.54) is 0 Å². The third-order valence-corrected chi connectivity index (χ3v) is 3.67. The number of benzene rings is 1. The molecule has 1 aliphatic heterocycles. The van der Waals surface area contributed by atoms with E-state index in [2.05, 4.69) is 5.32 Å². The van der Waals surface area contributed by atoms with Crippen molar-refractivity contribution in [3.63, 3.8) is 0 Å². The molecule has 0 atom stereocenters. The van der Waals surface area contributed by atoms with Gasteiger partial charge in [0.15, 0.2) is 0 Å². The quantitative estimate of drug-likeness (QED) is 0.891. The van der Waals surface area contributed by atoms with Gasteiger partial charge in [-0.3, -0.25) is 4.79 Å². The van der Waals surface area contributed by atoms with Crippen LogP contribution in [0.25, 0.3) is 0 Å². The molecule has 1 aliphatic rings. The zero-order valence-electron chi connectivity index (χ0n) is 10.9. The van der Waals surface area contributed by atoms with Crippen LogP contribution in [-0.4, -0.2) is 36.4 Å². The number of carbonyl (C=O) groups excluding carboxylic acids is 1. The second kappa shape index (κ2) is 5.90. The highest BCUT2D eigenvalue weighted by atomic mass is 35.5. The number of hydrogen-bond acceptors (Lipinski definition) is 3. The minimum absolute atomic E-state index is 0.186. The lowest BCUT2D eigenvalue weighted by Gasteiger charge is -2.32. The summed E-state index contributed by atoms with van der Waals surface area (Å²) >= 11 is 5.86. The molecule has 2 rings (SSSR count). The molecule has 0 unspecified atom stereocenters. The van der Waals surface area contributed by atoms with E-state index in [1.807, 2.05) is 6.92 Å². The SMILES string of the molecule is Cc1cc(Cl)ccc1C(=O)NCC1(O)CCOCC1. The van der Waals surface area contributed by atoms with E-state index in [1.54, 1.807) is 18.2 Å². The van der Waals surface area contributed by atoms with Gasteiger partial charge in [0.05, 0.1) is 5.60 Å². The first kappa shape index (κ1) is 14.3. The molecule has 0 spiro atoms. The number of carbonyl (C=O) groups is 1. The summed E-state index contributed by atoms with van der Waals surface area (Å²) in [4.78, 5) is 12.1. The van der Waals surface area contributed by atoms with Crippen molar-refractivity contribution in [2.45, 2.75) is 25.4 Å². The first-order valence-electron chi connectivity index (χ1n) is 6.35. The summed E-state index contributed by atoms with van der Waals surface area (Å²) in [5.41, 5.74) is 0.554. The second-order valence-corrected chi connectivity index (χ2v) is 5.42. The lowest BCUT2D eigenvalue weighted by atomic mass is 9.94. The topological polar surface area (TPSA) is 58.6 Å². The molecule has 5 heteroatoms. The fourth-order valence-corrected chi connectivity index (χ4v) is 2.38. The Labute approximate surface area is 117 Å². The Hall–Kier alpha value is -1.10. The average molecular weight is 284 g/mol. The summed E-state index contributed by atoms with van der Waals surface area (Å²) in [6.07, 6.45) is 1.10. The molecule has 104 valence electrons. The number of amides is 1. The maximum atomic E-state index is 12.1. The van der Waals surface area contributed by atoms with Crippen LogP contribution >= 0.6 is 11.6 Å². The monoisotopic (exact) mass is 283 g/mol. The molecule has 1 aromatic carbocycles. The number of aryl methyl sites for hydroxylation is 1. The zero-order valence-corrected chi connectivity index (χ0v) is 11.7. The van der Waals surface area contributed by atoms with Crippen LogP contribution in [-0.2, 0) is 4.74 Å². The van der Waals surface area contributed by atoms with Crippen molar-refractivity contribution >= 4 is 17.5 Å². The minimum atomic E-state index is -0.853. The molecule has 1 amide bonds. The van der Waals surface area contributed by atoms with Crippen LogP contribution in [0, 0.1) is 6.92 Å². The van der Waals surface area contributed by atoms with Gasteiger partial charge in [-0.25, -0.2) is 0 Å². The number of rotatable bonds is 3. The molecule has 4 nitrogen and oxygen atoms in total. The predicted molar refractivity (Wildman–Crippen MR) is 73.5 cm³/mol. The van der Waals surface area contributed by atoms with E-state index in [0.29, 0.717) is 36.6 Å². The molecule has 1 saturated heterocycles.